The summed E-state index contributed by atoms with van der Waals surface area (Å²) >= 11 is 17.8. The number of halogens is 3. The zero-order valence-corrected chi connectivity index (χ0v) is 12.3. The molecule has 0 bridgehead atoms. The summed E-state index contributed by atoms with van der Waals surface area (Å²) in [6.45, 7) is 0.481. The van der Waals surface area contributed by atoms with E-state index in [2.05, 4.69) is 5.32 Å². The van der Waals surface area contributed by atoms with Crippen molar-refractivity contribution in [1.29, 1.82) is 0 Å². The molecule has 0 aliphatic heterocycles. The average Bonchev–Trinajstić information content (AvgIpc) is 2.39. The number of nitrogens with one attached hydrogen (secondary N) is 1. The molecule has 2 aromatic carbocycles. The van der Waals surface area contributed by atoms with Crippen molar-refractivity contribution in [2.75, 3.05) is 5.32 Å². The minimum absolute atomic E-state index is 0.142. The Bertz CT molecular complexity index is 622. The molecule has 1 N–H and O–H groups in total. The zero-order valence-electron chi connectivity index (χ0n) is 10.1. The fraction of sp³-hybridized carbons (Fsp3) is 0.0769. The first kappa shape index (κ1) is 14.9. The summed E-state index contributed by atoms with van der Waals surface area (Å²) < 4.78 is 0. The molecule has 2 aromatic rings. The molecule has 0 atom stereocenters. The molecule has 0 amide bonds. The number of anilines is 1. The van der Waals surface area contributed by atoms with E-state index in [0.29, 0.717) is 17.3 Å². The molecule has 104 valence electrons. The van der Waals surface area contributed by atoms with Gasteiger partial charge in [-0.2, -0.15) is 0 Å². The van der Waals surface area contributed by atoms with Crippen LogP contribution in [-0.4, -0.2) is 4.92 Å². The molecule has 0 radical (unpaired) electrons. The largest absolute Gasteiger partial charge is 0.379 e. The van der Waals surface area contributed by atoms with Gasteiger partial charge in [0.1, 0.15) is 0 Å². The van der Waals surface area contributed by atoms with E-state index in [0.717, 1.165) is 5.56 Å². The van der Waals surface area contributed by atoms with Crippen LogP contribution in [0, 0.1) is 10.1 Å². The van der Waals surface area contributed by atoms with Crippen molar-refractivity contribution in [2.45, 2.75) is 6.54 Å². The molecular weight excluding hydrogens is 323 g/mol. The highest BCUT2D eigenvalue weighted by Gasteiger charge is 2.14. The quantitative estimate of drug-likeness (QED) is 0.621. The molecule has 0 aromatic heterocycles. The van der Waals surface area contributed by atoms with E-state index < -0.39 is 4.92 Å². The van der Waals surface area contributed by atoms with Gasteiger partial charge in [0.15, 0.2) is 0 Å². The van der Waals surface area contributed by atoms with E-state index in [-0.39, 0.29) is 15.7 Å². The van der Waals surface area contributed by atoms with Crippen molar-refractivity contribution in [3.05, 3.63) is 67.1 Å². The molecule has 20 heavy (non-hydrogen) atoms. The third-order valence-corrected chi connectivity index (χ3v) is 3.47. The highest BCUT2D eigenvalue weighted by atomic mass is 35.5. The topological polar surface area (TPSA) is 55.2 Å². The van der Waals surface area contributed by atoms with Crippen LogP contribution >= 0.6 is 34.8 Å². The first-order chi connectivity index (χ1) is 9.47. The molecule has 0 aliphatic rings. The number of nitro benzene ring substituents is 1. The minimum atomic E-state index is -0.541. The van der Waals surface area contributed by atoms with E-state index in [1.807, 2.05) is 12.1 Å². The van der Waals surface area contributed by atoms with Crippen LogP contribution in [0.4, 0.5) is 11.4 Å². The second-order valence-electron chi connectivity index (χ2n) is 4.02. The smallest absolute Gasteiger partial charge is 0.272 e. The van der Waals surface area contributed by atoms with Crippen LogP contribution in [-0.2, 0) is 6.54 Å². The molecule has 0 unspecified atom stereocenters. The van der Waals surface area contributed by atoms with Gasteiger partial charge in [-0.1, -0.05) is 46.9 Å². The van der Waals surface area contributed by atoms with Crippen molar-refractivity contribution in [2.24, 2.45) is 0 Å². The van der Waals surface area contributed by atoms with E-state index in [9.17, 15) is 10.1 Å². The number of hydrogen-bond donors (Lipinski definition) is 1. The lowest BCUT2D eigenvalue weighted by Crippen LogP contribution is -2.01. The van der Waals surface area contributed by atoms with Crippen molar-refractivity contribution in [1.82, 2.24) is 0 Å². The van der Waals surface area contributed by atoms with Gasteiger partial charge in [-0.15, -0.1) is 0 Å². The summed E-state index contributed by atoms with van der Waals surface area (Å²) in [7, 11) is 0. The summed E-state index contributed by atoms with van der Waals surface area (Å²) in [6.07, 6.45) is 0. The van der Waals surface area contributed by atoms with Gasteiger partial charge in [-0.25, -0.2) is 0 Å². The molecule has 4 nitrogen and oxygen atoms in total. The Morgan fingerprint density at radius 3 is 2.10 bits per heavy atom. The number of rotatable bonds is 4. The van der Waals surface area contributed by atoms with Crippen LogP contribution in [0.1, 0.15) is 5.56 Å². The maximum absolute atomic E-state index is 10.7. The fourth-order valence-corrected chi connectivity index (χ4v) is 2.36. The second kappa shape index (κ2) is 6.31. The standard InChI is InChI=1S/C13H9Cl3N2O2/c14-9-3-1-8(2-4-9)7-17-13-11(15)5-10(18(19)20)6-12(13)16/h1-6,17H,7H2. The molecular formula is C13H9Cl3N2O2. The molecule has 0 heterocycles. The summed E-state index contributed by atoms with van der Waals surface area (Å²) in [5.74, 6) is 0. The maximum atomic E-state index is 10.7. The zero-order chi connectivity index (χ0) is 14.7. The third kappa shape index (κ3) is 3.54. The first-order valence-corrected chi connectivity index (χ1v) is 6.72. The molecule has 0 aliphatic carbocycles. The monoisotopic (exact) mass is 330 g/mol. The molecule has 2 rings (SSSR count). The maximum Gasteiger partial charge on any atom is 0.272 e. The van der Waals surface area contributed by atoms with Gasteiger partial charge < -0.3 is 5.32 Å². The Kier molecular flexibility index (Phi) is 4.70. The Hall–Kier alpha value is -1.49. The van der Waals surface area contributed by atoms with E-state index in [1.165, 1.54) is 12.1 Å². The minimum Gasteiger partial charge on any atom is -0.379 e. The van der Waals surface area contributed by atoms with Gasteiger partial charge in [0.25, 0.3) is 5.69 Å². The summed E-state index contributed by atoms with van der Waals surface area (Å²) in [4.78, 5) is 10.1. The van der Waals surface area contributed by atoms with Crippen LogP contribution in [0.3, 0.4) is 0 Å². The van der Waals surface area contributed by atoms with Crippen LogP contribution in [0.5, 0.6) is 0 Å². The van der Waals surface area contributed by atoms with Gasteiger partial charge in [0.05, 0.1) is 20.7 Å². The SMILES string of the molecule is O=[N+]([O-])c1cc(Cl)c(NCc2ccc(Cl)cc2)c(Cl)c1. The van der Waals surface area contributed by atoms with Gasteiger partial charge in [-0.3, -0.25) is 10.1 Å². The predicted molar refractivity (Wildman–Crippen MR) is 81.9 cm³/mol. The second-order valence-corrected chi connectivity index (χ2v) is 5.27. The van der Waals surface area contributed by atoms with Gasteiger partial charge in [0, 0.05) is 23.7 Å². The van der Waals surface area contributed by atoms with E-state index in [4.69, 9.17) is 34.8 Å². The van der Waals surface area contributed by atoms with E-state index >= 15 is 0 Å². The lowest BCUT2D eigenvalue weighted by Gasteiger charge is -2.10. The number of non-ortho nitro benzene ring substituents is 1. The molecule has 0 saturated heterocycles. The highest BCUT2D eigenvalue weighted by Crippen LogP contribution is 2.34. The van der Waals surface area contributed by atoms with E-state index in [1.54, 1.807) is 12.1 Å². The van der Waals surface area contributed by atoms with Crippen LogP contribution < -0.4 is 5.32 Å². The average molecular weight is 332 g/mol. The van der Waals surface area contributed by atoms with Crippen molar-refractivity contribution in [3.63, 3.8) is 0 Å². The van der Waals surface area contributed by atoms with Crippen molar-refractivity contribution < 1.29 is 4.92 Å². The van der Waals surface area contributed by atoms with Gasteiger partial charge in [-0.05, 0) is 17.7 Å². The predicted octanol–water partition coefficient (Wildman–Crippen LogP) is 5.17. The summed E-state index contributed by atoms with van der Waals surface area (Å²) in [5, 5.41) is 14.8. The first-order valence-electron chi connectivity index (χ1n) is 5.59. The number of hydrogen-bond acceptors (Lipinski definition) is 3. The molecule has 0 saturated carbocycles. The van der Waals surface area contributed by atoms with Gasteiger partial charge in [0.2, 0.25) is 0 Å². The van der Waals surface area contributed by atoms with Crippen LogP contribution in [0.15, 0.2) is 36.4 Å². The number of nitro groups is 1. The van der Waals surface area contributed by atoms with Crippen molar-refractivity contribution in [3.8, 4) is 0 Å². The Morgan fingerprint density at radius 2 is 1.60 bits per heavy atom. The summed E-state index contributed by atoms with van der Waals surface area (Å²) in [5.41, 5.74) is 1.31. The summed E-state index contributed by atoms with van der Waals surface area (Å²) in [6, 6.07) is 9.80. The normalized spacial score (nSPS) is 10.3. The Balaban J connectivity index is 2.17. The van der Waals surface area contributed by atoms with Gasteiger partial charge >= 0.3 is 0 Å². The molecule has 0 spiro atoms. The van der Waals surface area contributed by atoms with Crippen LogP contribution in [0.2, 0.25) is 15.1 Å². The number of nitrogens with zero attached hydrogens (tertiary/aromatic N) is 1. The Labute approximate surface area is 130 Å². The molecule has 0 fully saturated rings. The third-order valence-electron chi connectivity index (χ3n) is 2.62. The fourth-order valence-electron chi connectivity index (χ4n) is 1.63. The lowest BCUT2D eigenvalue weighted by molar-refractivity contribution is -0.384. The highest BCUT2D eigenvalue weighted by molar-refractivity contribution is 6.39. The number of benzene rings is 2. The van der Waals surface area contributed by atoms with Crippen LogP contribution in [0.25, 0.3) is 0 Å². The lowest BCUT2D eigenvalue weighted by atomic mass is 10.2. The molecule has 7 heteroatoms. The Morgan fingerprint density at radius 1 is 1.05 bits per heavy atom. The van der Waals surface area contributed by atoms with Crippen molar-refractivity contribution >= 4 is 46.2 Å².